The molecular weight excluding hydrogens is 302 g/mol. The molecular formula is C19H17N3O2. The lowest BCUT2D eigenvalue weighted by molar-refractivity contribution is -0.126. The highest BCUT2D eigenvalue weighted by atomic mass is 16.2. The lowest BCUT2D eigenvalue weighted by atomic mass is 10.0. The number of hydrogen-bond acceptors (Lipinski definition) is 3. The molecule has 2 aromatic carbocycles. The molecule has 1 aliphatic heterocycles. The van der Waals surface area contributed by atoms with Crippen LogP contribution < -0.4 is 10.9 Å². The number of rotatable bonds is 2. The summed E-state index contributed by atoms with van der Waals surface area (Å²) in [6, 6.07) is 16.1. The molecule has 0 unspecified atom stereocenters. The summed E-state index contributed by atoms with van der Waals surface area (Å²) in [7, 11) is 0. The van der Waals surface area contributed by atoms with E-state index < -0.39 is 6.04 Å². The molecule has 5 nitrogen and oxygen atoms in total. The van der Waals surface area contributed by atoms with Crippen LogP contribution in [0.3, 0.4) is 0 Å². The molecule has 4 rings (SSSR count). The number of hydrogen-bond donors (Lipinski definition) is 1. The molecule has 1 aliphatic rings. The van der Waals surface area contributed by atoms with E-state index in [4.69, 9.17) is 0 Å². The first kappa shape index (κ1) is 14.6. The zero-order valence-electron chi connectivity index (χ0n) is 13.3. The van der Waals surface area contributed by atoms with Crippen LogP contribution in [0, 0.1) is 0 Å². The van der Waals surface area contributed by atoms with Crippen LogP contribution in [-0.2, 0) is 11.2 Å². The van der Waals surface area contributed by atoms with E-state index in [-0.39, 0.29) is 17.5 Å². The normalized spacial score (nSPS) is 19.8. The van der Waals surface area contributed by atoms with Gasteiger partial charge in [-0.05, 0) is 24.6 Å². The van der Waals surface area contributed by atoms with E-state index >= 15 is 0 Å². The Bertz CT molecular complexity index is 979. The number of nitrogens with zero attached hydrogens (tertiary/aromatic N) is 2. The van der Waals surface area contributed by atoms with Crippen LogP contribution in [0.4, 0.5) is 0 Å². The SMILES string of the molecule is C[C@@H]1NC(=O)[C@@H](Cc2ccccc2)n2c1nc1ccccc1c2=O. The minimum atomic E-state index is -0.580. The largest absolute Gasteiger partial charge is 0.345 e. The molecule has 3 aromatic rings. The summed E-state index contributed by atoms with van der Waals surface area (Å²) >= 11 is 0. The van der Waals surface area contributed by atoms with Crippen LogP contribution >= 0.6 is 0 Å². The predicted molar refractivity (Wildman–Crippen MR) is 91.7 cm³/mol. The van der Waals surface area contributed by atoms with Gasteiger partial charge >= 0.3 is 0 Å². The molecule has 0 fully saturated rings. The Morgan fingerprint density at radius 1 is 1.04 bits per heavy atom. The van der Waals surface area contributed by atoms with Gasteiger partial charge < -0.3 is 5.32 Å². The Hall–Kier alpha value is -2.95. The zero-order chi connectivity index (χ0) is 16.7. The summed E-state index contributed by atoms with van der Waals surface area (Å²) in [5, 5.41) is 3.48. The summed E-state index contributed by atoms with van der Waals surface area (Å²) in [5.41, 5.74) is 1.52. The molecule has 1 aromatic heterocycles. The highest BCUT2D eigenvalue weighted by molar-refractivity contribution is 5.84. The maximum Gasteiger partial charge on any atom is 0.262 e. The second-order valence-electron chi connectivity index (χ2n) is 6.10. The molecule has 2 atom stereocenters. The molecule has 5 heteroatoms. The van der Waals surface area contributed by atoms with Crippen molar-refractivity contribution in [3.05, 3.63) is 76.3 Å². The van der Waals surface area contributed by atoms with Crippen LogP contribution in [-0.4, -0.2) is 15.5 Å². The number of carbonyl (C=O) groups excluding carboxylic acids is 1. The lowest BCUT2D eigenvalue weighted by Crippen LogP contribution is -2.47. The second kappa shape index (κ2) is 5.60. The first-order valence-corrected chi connectivity index (χ1v) is 8.00. The molecule has 120 valence electrons. The Morgan fingerprint density at radius 2 is 1.75 bits per heavy atom. The van der Waals surface area contributed by atoms with Crippen molar-refractivity contribution in [1.29, 1.82) is 0 Å². The Morgan fingerprint density at radius 3 is 2.54 bits per heavy atom. The quantitative estimate of drug-likeness (QED) is 0.789. The van der Waals surface area contributed by atoms with Gasteiger partial charge in [-0.3, -0.25) is 14.2 Å². The monoisotopic (exact) mass is 319 g/mol. The highest BCUT2D eigenvalue weighted by Gasteiger charge is 2.33. The number of carbonyl (C=O) groups is 1. The minimum absolute atomic E-state index is 0.141. The van der Waals surface area contributed by atoms with E-state index in [9.17, 15) is 9.59 Å². The molecule has 0 spiro atoms. The first-order chi connectivity index (χ1) is 11.6. The molecule has 0 aliphatic carbocycles. The van der Waals surface area contributed by atoms with E-state index in [2.05, 4.69) is 10.3 Å². The number of fused-ring (bicyclic) bond motifs is 2. The van der Waals surface area contributed by atoms with Gasteiger partial charge in [0.2, 0.25) is 5.91 Å². The van der Waals surface area contributed by atoms with Crippen molar-refractivity contribution < 1.29 is 4.79 Å². The first-order valence-electron chi connectivity index (χ1n) is 8.00. The van der Waals surface area contributed by atoms with Crippen LogP contribution in [0.5, 0.6) is 0 Å². The van der Waals surface area contributed by atoms with Crippen molar-refractivity contribution >= 4 is 16.8 Å². The molecule has 1 N–H and O–H groups in total. The number of benzene rings is 2. The molecule has 24 heavy (non-hydrogen) atoms. The Labute approximate surface area is 139 Å². The molecule has 0 saturated carbocycles. The topological polar surface area (TPSA) is 64.0 Å². The van der Waals surface area contributed by atoms with E-state index in [1.807, 2.05) is 55.5 Å². The summed E-state index contributed by atoms with van der Waals surface area (Å²) in [4.78, 5) is 30.2. The van der Waals surface area contributed by atoms with Gasteiger partial charge in [0.05, 0.1) is 16.9 Å². The smallest absolute Gasteiger partial charge is 0.262 e. The maximum atomic E-state index is 13.0. The van der Waals surface area contributed by atoms with Gasteiger partial charge in [-0.15, -0.1) is 0 Å². The molecule has 0 saturated heterocycles. The standard InChI is InChI=1S/C19H17N3O2/c1-12-17-21-15-10-6-5-9-14(15)19(24)22(17)16(18(23)20-12)11-13-7-3-2-4-8-13/h2-10,12,16H,11H2,1H3,(H,20,23)/t12-,16+/m0/s1. The second-order valence-corrected chi connectivity index (χ2v) is 6.10. The summed E-state index contributed by atoms with van der Waals surface area (Å²) in [6.45, 7) is 1.85. The van der Waals surface area contributed by atoms with E-state index in [0.717, 1.165) is 5.56 Å². The lowest BCUT2D eigenvalue weighted by Gasteiger charge is -2.31. The van der Waals surface area contributed by atoms with Crippen molar-refractivity contribution in [2.24, 2.45) is 0 Å². The van der Waals surface area contributed by atoms with Gasteiger partial charge in [0.1, 0.15) is 11.9 Å². The van der Waals surface area contributed by atoms with E-state index in [0.29, 0.717) is 23.1 Å². The van der Waals surface area contributed by atoms with E-state index in [1.54, 1.807) is 10.6 Å². The van der Waals surface area contributed by atoms with Gasteiger partial charge in [0.15, 0.2) is 0 Å². The van der Waals surface area contributed by atoms with Crippen LogP contribution in [0.25, 0.3) is 10.9 Å². The number of amides is 1. The number of nitrogens with one attached hydrogen (secondary N) is 1. The van der Waals surface area contributed by atoms with Gasteiger partial charge in [-0.2, -0.15) is 0 Å². The summed E-state index contributed by atoms with van der Waals surface area (Å²) in [5.74, 6) is 0.470. The molecule has 0 radical (unpaired) electrons. The number of para-hydroxylation sites is 1. The minimum Gasteiger partial charge on any atom is -0.345 e. The third-order valence-electron chi connectivity index (χ3n) is 4.47. The number of aromatic nitrogens is 2. The summed E-state index contributed by atoms with van der Waals surface area (Å²) in [6.07, 6.45) is 0.465. The third kappa shape index (κ3) is 2.29. The van der Waals surface area contributed by atoms with Crippen LogP contribution in [0.15, 0.2) is 59.4 Å². The fourth-order valence-corrected chi connectivity index (χ4v) is 3.28. The van der Waals surface area contributed by atoms with Crippen LogP contribution in [0.1, 0.15) is 30.4 Å². The molecule has 1 amide bonds. The molecule has 0 bridgehead atoms. The average molecular weight is 319 g/mol. The van der Waals surface area contributed by atoms with Gasteiger partial charge in [0, 0.05) is 6.42 Å². The zero-order valence-corrected chi connectivity index (χ0v) is 13.3. The van der Waals surface area contributed by atoms with Crippen molar-refractivity contribution in [1.82, 2.24) is 14.9 Å². The van der Waals surface area contributed by atoms with Crippen LogP contribution in [0.2, 0.25) is 0 Å². The van der Waals surface area contributed by atoms with Crippen molar-refractivity contribution in [2.45, 2.75) is 25.4 Å². The van der Waals surface area contributed by atoms with Crippen molar-refractivity contribution in [3.63, 3.8) is 0 Å². The highest BCUT2D eigenvalue weighted by Crippen LogP contribution is 2.25. The summed E-state index contributed by atoms with van der Waals surface area (Å²) < 4.78 is 1.57. The van der Waals surface area contributed by atoms with E-state index in [1.165, 1.54) is 0 Å². The maximum absolute atomic E-state index is 13.0. The van der Waals surface area contributed by atoms with Crippen molar-refractivity contribution in [3.8, 4) is 0 Å². The predicted octanol–water partition coefficient (Wildman–Crippen LogP) is 2.37. The fourth-order valence-electron chi connectivity index (χ4n) is 3.28. The van der Waals surface area contributed by atoms with Gasteiger partial charge in [-0.25, -0.2) is 4.98 Å². The van der Waals surface area contributed by atoms with Gasteiger partial charge in [-0.1, -0.05) is 42.5 Å². The fraction of sp³-hybridized carbons (Fsp3) is 0.211. The average Bonchev–Trinajstić information content (AvgIpc) is 2.60. The third-order valence-corrected chi connectivity index (χ3v) is 4.47. The molecule has 2 heterocycles. The Kier molecular flexibility index (Phi) is 3.41. The van der Waals surface area contributed by atoms with Crippen molar-refractivity contribution in [2.75, 3.05) is 0 Å². The Balaban J connectivity index is 1.92. The van der Waals surface area contributed by atoms with Gasteiger partial charge in [0.25, 0.3) is 5.56 Å².